The lowest BCUT2D eigenvalue weighted by atomic mass is 10.1. The highest BCUT2D eigenvalue weighted by atomic mass is 32.2. The van der Waals surface area contributed by atoms with Crippen LogP contribution in [0.5, 0.6) is 0 Å². The molecule has 0 saturated heterocycles. The Kier molecular flexibility index (Phi) is 4.95. The minimum absolute atomic E-state index is 0.206. The Morgan fingerprint density at radius 2 is 2.00 bits per heavy atom. The maximum Gasteiger partial charge on any atom is 0.241 e. The molecule has 3 N–H and O–H groups in total. The summed E-state index contributed by atoms with van der Waals surface area (Å²) in [5.41, 5.74) is 6.18. The smallest absolute Gasteiger partial charge is 0.241 e. The van der Waals surface area contributed by atoms with Crippen LogP contribution < -0.4 is 10.5 Å². The van der Waals surface area contributed by atoms with E-state index in [0.29, 0.717) is 17.9 Å². The Morgan fingerprint density at radius 3 is 2.58 bits per heavy atom. The van der Waals surface area contributed by atoms with Gasteiger partial charge in [-0.25, -0.2) is 13.1 Å². The molecule has 0 aliphatic heterocycles. The predicted octanol–water partition coefficient (Wildman–Crippen LogP) is 1.67. The number of hydrogen-bond donors (Lipinski definition) is 2. The Hall–Kier alpha value is -1.11. The molecule has 0 bridgehead atoms. The van der Waals surface area contributed by atoms with Crippen LogP contribution in [0, 0.1) is 6.92 Å². The Bertz CT molecular complexity index is 539. The van der Waals surface area contributed by atoms with Crippen molar-refractivity contribution < 1.29 is 13.2 Å². The zero-order valence-corrected chi connectivity index (χ0v) is 12.7. The maximum atomic E-state index is 12.2. The van der Waals surface area contributed by atoms with Crippen molar-refractivity contribution in [3.8, 4) is 0 Å². The number of benzene rings is 1. The molecule has 0 aromatic heterocycles. The molecule has 0 heterocycles. The van der Waals surface area contributed by atoms with Crippen LogP contribution in [0.1, 0.15) is 26.3 Å². The Balaban J connectivity index is 2.90. The van der Waals surface area contributed by atoms with E-state index in [9.17, 15) is 8.42 Å². The number of rotatable bonds is 6. The third kappa shape index (κ3) is 4.49. The van der Waals surface area contributed by atoms with Crippen molar-refractivity contribution in [1.82, 2.24) is 4.72 Å². The van der Waals surface area contributed by atoms with Gasteiger partial charge >= 0.3 is 0 Å². The molecule has 0 radical (unpaired) electrons. The molecule has 0 saturated carbocycles. The molecule has 0 aliphatic carbocycles. The van der Waals surface area contributed by atoms with Crippen molar-refractivity contribution in [2.75, 3.05) is 18.9 Å². The first-order chi connectivity index (χ1) is 8.68. The van der Waals surface area contributed by atoms with E-state index in [2.05, 4.69) is 4.72 Å². The standard InChI is InChI=1S/C13H22N2O3S/c1-5-18-13(3,4)9-15-19(16,17)12-8-11(14)7-6-10(12)2/h6-8,15H,5,9,14H2,1-4H3. The monoisotopic (exact) mass is 286 g/mol. The molecule has 0 unspecified atom stereocenters. The fourth-order valence-electron chi connectivity index (χ4n) is 1.69. The molecule has 6 heteroatoms. The molecule has 0 atom stereocenters. The largest absolute Gasteiger partial charge is 0.399 e. The van der Waals surface area contributed by atoms with E-state index in [1.54, 1.807) is 19.1 Å². The van der Waals surface area contributed by atoms with Gasteiger partial charge in [-0.1, -0.05) is 6.07 Å². The van der Waals surface area contributed by atoms with Gasteiger partial charge in [-0.2, -0.15) is 0 Å². The van der Waals surface area contributed by atoms with Gasteiger partial charge < -0.3 is 10.5 Å². The van der Waals surface area contributed by atoms with Crippen LogP contribution in [-0.4, -0.2) is 27.2 Å². The number of ether oxygens (including phenoxy) is 1. The van der Waals surface area contributed by atoms with E-state index in [0.717, 1.165) is 0 Å². The zero-order chi connectivity index (χ0) is 14.7. The number of sulfonamides is 1. The average molecular weight is 286 g/mol. The quantitative estimate of drug-likeness (QED) is 0.779. The summed E-state index contributed by atoms with van der Waals surface area (Å²) in [4.78, 5) is 0.208. The summed E-state index contributed by atoms with van der Waals surface area (Å²) in [5.74, 6) is 0. The lowest BCUT2D eigenvalue weighted by Gasteiger charge is -2.25. The predicted molar refractivity (Wildman–Crippen MR) is 76.5 cm³/mol. The number of nitrogen functional groups attached to an aromatic ring is 1. The highest BCUT2D eigenvalue weighted by Gasteiger charge is 2.23. The molecular formula is C13H22N2O3S. The summed E-state index contributed by atoms with van der Waals surface area (Å²) in [7, 11) is -3.57. The molecule has 108 valence electrons. The number of aryl methyl sites for hydroxylation is 1. The first-order valence-electron chi connectivity index (χ1n) is 6.18. The van der Waals surface area contributed by atoms with E-state index in [4.69, 9.17) is 10.5 Å². The molecule has 0 amide bonds. The van der Waals surface area contributed by atoms with E-state index in [-0.39, 0.29) is 11.4 Å². The summed E-state index contributed by atoms with van der Waals surface area (Å²) in [6.45, 7) is 8.03. The van der Waals surface area contributed by atoms with Crippen LogP contribution in [0.3, 0.4) is 0 Å². The van der Waals surface area contributed by atoms with Crippen LogP contribution >= 0.6 is 0 Å². The van der Waals surface area contributed by atoms with Crippen LogP contribution in [0.25, 0.3) is 0 Å². The fraction of sp³-hybridized carbons (Fsp3) is 0.538. The van der Waals surface area contributed by atoms with Crippen LogP contribution in [0.4, 0.5) is 5.69 Å². The lowest BCUT2D eigenvalue weighted by molar-refractivity contribution is -0.00515. The molecule has 1 rings (SSSR count). The molecule has 0 fully saturated rings. The van der Waals surface area contributed by atoms with Gasteiger partial charge in [-0.15, -0.1) is 0 Å². The molecule has 1 aromatic rings. The fourth-order valence-corrected chi connectivity index (χ4v) is 3.17. The minimum Gasteiger partial charge on any atom is -0.399 e. The average Bonchev–Trinajstić information content (AvgIpc) is 2.30. The third-order valence-electron chi connectivity index (χ3n) is 2.72. The Labute approximate surface area is 115 Å². The van der Waals surface area contributed by atoms with E-state index >= 15 is 0 Å². The van der Waals surface area contributed by atoms with Crippen molar-refractivity contribution in [2.45, 2.75) is 38.2 Å². The molecule has 0 spiro atoms. The van der Waals surface area contributed by atoms with Gasteiger partial charge in [0, 0.05) is 18.8 Å². The molecule has 1 aromatic carbocycles. The Morgan fingerprint density at radius 1 is 1.37 bits per heavy atom. The van der Waals surface area contributed by atoms with E-state index < -0.39 is 15.6 Å². The summed E-state index contributed by atoms with van der Waals surface area (Å²) in [5, 5.41) is 0. The third-order valence-corrected chi connectivity index (χ3v) is 4.27. The van der Waals surface area contributed by atoms with Gasteiger partial charge in [0.05, 0.1) is 10.5 Å². The number of nitrogens with two attached hydrogens (primary N) is 1. The summed E-state index contributed by atoms with van der Waals surface area (Å²) in [6.07, 6.45) is 0. The topological polar surface area (TPSA) is 81.4 Å². The maximum absolute atomic E-state index is 12.2. The van der Waals surface area contributed by atoms with Crippen molar-refractivity contribution in [3.05, 3.63) is 23.8 Å². The van der Waals surface area contributed by atoms with Gasteiger partial charge in [-0.05, 0) is 45.4 Å². The number of nitrogens with one attached hydrogen (secondary N) is 1. The molecule has 19 heavy (non-hydrogen) atoms. The minimum atomic E-state index is -3.57. The van der Waals surface area contributed by atoms with Crippen molar-refractivity contribution >= 4 is 15.7 Å². The second kappa shape index (κ2) is 5.90. The summed E-state index contributed by atoms with van der Waals surface area (Å²) >= 11 is 0. The van der Waals surface area contributed by atoms with Crippen molar-refractivity contribution in [1.29, 1.82) is 0 Å². The lowest BCUT2D eigenvalue weighted by Crippen LogP contribution is -2.40. The molecular weight excluding hydrogens is 264 g/mol. The van der Waals surface area contributed by atoms with Crippen LogP contribution in [0.2, 0.25) is 0 Å². The highest BCUT2D eigenvalue weighted by molar-refractivity contribution is 7.89. The first kappa shape index (κ1) is 15.9. The van der Waals surface area contributed by atoms with E-state index in [1.807, 2.05) is 20.8 Å². The SMILES string of the molecule is CCOC(C)(C)CNS(=O)(=O)c1cc(N)ccc1C. The van der Waals surface area contributed by atoms with Crippen molar-refractivity contribution in [3.63, 3.8) is 0 Å². The summed E-state index contributed by atoms with van der Waals surface area (Å²) in [6, 6.07) is 4.83. The van der Waals surface area contributed by atoms with Gasteiger partial charge in [0.2, 0.25) is 10.0 Å². The van der Waals surface area contributed by atoms with Gasteiger partial charge in [0.1, 0.15) is 0 Å². The van der Waals surface area contributed by atoms with E-state index in [1.165, 1.54) is 6.07 Å². The second-order valence-electron chi connectivity index (χ2n) is 5.04. The van der Waals surface area contributed by atoms with Gasteiger partial charge in [0.25, 0.3) is 0 Å². The number of hydrogen-bond acceptors (Lipinski definition) is 4. The highest BCUT2D eigenvalue weighted by Crippen LogP contribution is 2.19. The molecule has 0 aliphatic rings. The normalized spacial score (nSPS) is 12.6. The van der Waals surface area contributed by atoms with Gasteiger partial charge in [-0.3, -0.25) is 0 Å². The number of anilines is 1. The summed E-state index contributed by atoms with van der Waals surface area (Å²) < 4.78 is 32.5. The first-order valence-corrected chi connectivity index (χ1v) is 7.66. The molecule has 5 nitrogen and oxygen atoms in total. The zero-order valence-electron chi connectivity index (χ0n) is 11.9. The van der Waals surface area contributed by atoms with Gasteiger partial charge in [0.15, 0.2) is 0 Å². The van der Waals surface area contributed by atoms with Crippen LogP contribution in [-0.2, 0) is 14.8 Å². The second-order valence-corrected chi connectivity index (χ2v) is 6.78. The van der Waals surface area contributed by atoms with Crippen molar-refractivity contribution in [2.24, 2.45) is 0 Å². The van der Waals surface area contributed by atoms with Crippen LogP contribution in [0.15, 0.2) is 23.1 Å².